The predicted octanol–water partition coefficient (Wildman–Crippen LogP) is 1.81. The standard InChI is InChI=1S/C14H23FN2O2S/c1-4-8-16-11-12-13(15)6-5-7-14(12)17(2)9-10-20(3,18)19/h5-7,16H,4,8-11H2,1-3H3. The van der Waals surface area contributed by atoms with Gasteiger partial charge in [0, 0.05) is 37.6 Å². The van der Waals surface area contributed by atoms with E-state index in [1.54, 1.807) is 18.0 Å². The van der Waals surface area contributed by atoms with E-state index in [-0.39, 0.29) is 11.6 Å². The van der Waals surface area contributed by atoms with Crippen LogP contribution in [0.5, 0.6) is 0 Å². The summed E-state index contributed by atoms with van der Waals surface area (Å²) in [4.78, 5) is 1.78. The van der Waals surface area contributed by atoms with Crippen molar-refractivity contribution in [3.05, 3.63) is 29.6 Å². The summed E-state index contributed by atoms with van der Waals surface area (Å²) in [5, 5.41) is 3.17. The van der Waals surface area contributed by atoms with Crippen LogP contribution in [0.2, 0.25) is 0 Å². The van der Waals surface area contributed by atoms with Crippen molar-refractivity contribution >= 4 is 15.5 Å². The maximum atomic E-state index is 13.9. The van der Waals surface area contributed by atoms with Crippen LogP contribution >= 0.6 is 0 Å². The first-order valence-corrected chi connectivity index (χ1v) is 8.78. The van der Waals surface area contributed by atoms with Gasteiger partial charge in [0.2, 0.25) is 0 Å². The van der Waals surface area contributed by atoms with E-state index in [4.69, 9.17) is 0 Å². The van der Waals surface area contributed by atoms with Gasteiger partial charge in [-0.3, -0.25) is 0 Å². The highest BCUT2D eigenvalue weighted by Gasteiger charge is 2.13. The van der Waals surface area contributed by atoms with Crippen LogP contribution < -0.4 is 10.2 Å². The summed E-state index contributed by atoms with van der Waals surface area (Å²) in [6, 6.07) is 4.89. The molecule has 4 nitrogen and oxygen atoms in total. The zero-order valence-corrected chi connectivity index (χ0v) is 13.1. The minimum absolute atomic E-state index is 0.0574. The molecule has 6 heteroatoms. The van der Waals surface area contributed by atoms with Gasteiger partial charge in [-0.1, -0.05) is 13.0 Å². The third-order valence-corrected chi connectivity index (χ3v) is 3.96. The number of halogens is 1. The van der Waals surface area contributed by atoms with E-state index in [1.165, 1.54) is 12.3 Å². The Bertz CT molecular complexity index is 532. The summed E-state index contributed by atoms with van der Waals surface area (Å²) in [5.41, 5.74) is 1.31. The predicted molar refractivity (Wildman–Crippen MR) is 81.4 cm³/mol. The zero-order valence-electron chi connectivity index (χ0n) is 12.3. The maximum Gasteiger partial charge on any atom is 0.149 e. The molecule has 0 spiro atoms. The van der Waals surface area contributed by atoms with Crippen LogP contribution in [-0.4, -0.2) is 40.6 Å². The smallest absolute Gasteiger partial charge is 0.149 e. The average Bonchev–Trinajstić information content (AvgIpc) is 2.37. The van der Waals surface area contributed by atoms with Gasteiger partial charge in [0.05, 0.1) is 5.75 Å². The number of nitrogens with zero attached hydrogens (tertiary/aromatic N) is 1. The van der Waals surface area contributed by atoms with Crippen LogP contribution in [-0.2, 0) is 16.4 Å². The average molecular weight is 302 g/mol. The van der Waals surface area contributed by atoms with Crippen LogP contribution in [0.4, 0.5) is 10.1 Å². The highest BCUT2D eigenvalue weighted by Crippen LogP contribution is 2.22. The number of rotatable bonds is 8. The molecule has 114 valence electrons. The van der Waals surface area contributed by atoms with Crippen LogP contribution in [0, 0.1) is 5.82 Å². The summed E-state index contributed by atoms with van der Waals surface area (Å²) >= 11 is 0. The summed E-state index contributed by atoms with van der Waals surface area (Å²) < 4.78 is 36.4. The van der Waals surface area contributed by atoms with Gasteiger partial charge in [-0.2, -0.15) is 0 Å². The fourth-order valence-electron chi connectivity index (χ4n) is 1.89. The third kappa shape index (κ3) is 5.46. The lowest BCUT2D eigenvalue weighted by atomic mass is 10.1. The Kier molecular flexibility index (Phi) is 6.42. The molecule has 0 aliphatic heterocycles. The van der Waals surface area contributed by atoms with Crippen molar-refractivity contribution in [3.8, 4) is 0 Å². The number of nitrogens with one attached hydrogen (secondary N) is 1. The normalized spacial score (nSPS) is 11.6. The molecule has 0 unspecified atom stereocenters. The van der Waals surface area contributed by atoms with Crippen molar-refractivity contribution in [2.24, 2.45) is 0 Å². The van der Waals surface area contributed by atoms with E-state index in [0.29, 0.717) is 18.7 Å². The fraction of sp³-hybridized carbons (Fsp3) is 0.571. The summed E-state index contributed by atoms with van der Waals surface area (Å²) in [5.74, 6) is -0.209. The first-order valence-electron chi connectivity index (χ1n) is 6.72. The van der Waals surface area contributed by atoms with E-state index >= 15 is 0 Å². The Labute approximate surface area is 120 Å². The molecule has 0 aromatic heterocycles. The van der Waals surface area contributed by atoms with Gasteiger partial charge in [-0.25, -0.2) is 12.8 Å². The lowest BCUT2D eigenvalue weighted by molar-refractivity contribution is 0.585. The lowest BCUT2D eigenvalue weighted by Crippen LogP contribution is -2.27. The first-order chi connectivity index (χ1) is 9.35. The lowest BCUT2D eigenvalue weighted by Gasteiger charge is -2.22. The van der Waals surface area contributed by atoms with E-state index in [2.05, 4.69) is 5.32 Å². The molecule has 0 bridgehead atoms. The molecule has 0 saturated carbocycles. The van der Waals surface area contributed by atoms with Gasteiger partial charge in [0.1, 0.15) is 15.7 Å². The largest absolute Gasteiger partial charge is 0.373 e. The molecular weight excluding hydrogens is 279 g/mol. The van der Waals surface area contributed by atoms with E-state index < -0.39 is 9.84 Å². The molecule has 1 aromatic rings. The molecule has 0 heterocycles. The Hall–Kier alpha value is -1.14. The monoisotopic (exact) mass is 302 g/mol. The van der Waals surface area contributed by atoms with Crippen molar-refractivity contribution in [2.75, 3.05) is 37.0 Å². The van der Waals surface area contributed by atoms with Crippen molar-refractivity contribution in [2.45, 2.75) is 19.9 Å². The summed E-state index contributed by atoms with van der Waals surface area (Å²) in [6.45, 7) is 3.66. The van der Waals surface area contributed by atoms with Gasteiger partial charge in [0.15, 0.2) is 0 Å². The van der Waals surface area contributed by atoms with E-state index in [9.17, 15) is 12.8 Å². The number of sulfone groups is 1. The second-order valence-electron chi connectivity index (χ2n) is 4.97. The minimum atomic E-state index is -3.02. The molecule has 1 N–H and O–H groups in total. The summed E-state index contributed by atoms with van der Waals surface area (Å²) in [7, 11) is -1.24. The van der Waals surface area contributed by atoms with Crippen molar-refractivity contribution in [1.82, 2.24) is 5.32 Å². The van der Waals surface area contributed by atoms with Crippen molar-refractivity contribution < 1.29 is 12.8 Å². The SMILES string of the molecule is CCCNCc1c(F)cccc1N(C)CCS(C)(=O)=O. The molecule has 0 aliphatic carbocycles. The molecular formula is C14H23FN2O2S. The quantitative estimate of drug-likeness (QED) is 0.744. The van der Waals surface area contributed by atoms with Crippen LogP contribution in [0.25, 0.3) is 0 Å². The number of hydrogen-bond donors (Lipinski definition) is 1. The molecule has 0 saturated heterocycles. The molecule has 0 radical (unpaired) electrons. The van der Waals surface area contributed by atoms with Gasteiger partial charge in [-0.05, 0) is 25.1 Å². The Morgan fingerprint density at radius 2 is 2.05 bits per heavy atom. The highest BCUT2D eigenvalue weighted by atomic mass is 32.2. The topological polar surface area (TPSA) is 49.4 Å². The molecule has 0 aliphatic rings. The van der Waals surface area contributed by atoms with Gasteiger partial charge >= 0.3 is 0 Å². The molecule has 0 atom stereocenters. The number of hydrogen-bond acceptors (Lipinski definition) is 4. The molecule has 1 aromatic carbocycles. The number of benzene rings is 1. The fourth-order valence-corrected chi connectivity index (χ4v) is 2.50. The second-order valence-corrected chi connectivity index (χ2v) is 7.23. The van der Waals surface area contributed by atoms with Gasteiger partial charge in [0.25, 0.3) is 0 Å². The summed E-state index contributed by atoms with van der Waals surface area (Å²) in [6.07, 6.45) is 2.18. The van der Waals surface area contributed by atoms with Crippen molar-refractivity contribution in [3.63, 3.8) is 0 Å². The maximum absolute atomic E-state index is 13.9. The Balaban J connectivity index is 2.84. The third-order valence-electron chi connectivity index (χ3n) is 3.03. The molecule has 20 heavy (non-hydrogen) atoms. The van der Waals surface area contributed by atoms with Gasteiger partial charge in [-0.15, -0.1) is 0 Å². The molecule has 0 amide bonds. The number of anilines is 1. The van der Waals surface area contributed by atoms with Gasteiger partial charge < -0.3 is 10.2 Å². The van der Waals surface area contributed by atoms with E-state index in [1.807, 2.05) is 13.0 Å². The highest BCUT2D eigenvalue weighted by molar-refractivity contribution is 7.90. The molecule has 0 fully saturated rings. The Morgan fingerprint density at radius 1 is 1.35 bits per heavy atom. The van der Waals surface area contributed by atoms with E-state index in [0.717, 1.165) is 18.7 Å². The minimum Gasteiger partial charge on any atom is -0.373 e. The first kappa shape index (κ1) is 16.9. The zero-order chi connectivity index (χ0) is 15.2. The second kappa shape index (κ2) is 7.59. The Morgan fingerprint density at radius 3 is 2.65 bits per heavy atom. The van der Waals surface area contributed by atoms with Crippen LogP contribution in [0.15, 0.2) is 18.2 Å². The molecule has 1 rings (SSSR count). The van der Waals surface area contributed by atoms with Crippen LogP contribution in [0.3, 0.4) is 0 Å². The van der Waals surface area contributed by atoms with Crippen LogP contribution in [0.1, 0.15) is 18.9 Å². The van der Waals surface area contributed by atoms with Crippen molar-refractivity contribution in [1.29, 1.82) is 0 Å².